The van der Waals surface area contributed by atoms with E-state index < -0.39 is 20.0 Å². The smallest absolute Gasteiger partial charge is 0.268 e. The average molecular weight is 831 g/mol. The van der Waals surface area contributed by atoms with Gasteiger partial charge in [-0.05, 0) is 12.8 Å². The predicted octanol–water partition coefficient (Wildman–Crippen LogP) is 13.5. The number of hydrogen-bond donors (Lipinski definition) is 2. The number of amides is 1. The number of nitrogens with one attached hydrogen (secondary N) is 1. The lowest BCUT2D eigenvalue weighted by Gasteiger charge is -2.30. The van der Waals surface area contributed by atoms with Crippen molar-refractivity contribution in [3.05, 3.63) is 0 Å². The van der Waals surface area contributed by atoms with Crippen LogP contribution < -0.4 is 10.2 Å². The zero-order chi connectivity index (χ0) is 42.1. The summed E-state index contributed by atoms with van der Waals surface area (Å²) in [4.78, 5) is 25.4. The summed E-state index contributed by atoms with van der Waals surface area (Å²) in [6.07, 6.45) is 45.3. The van der Waals surface area contributed by atoms with E-state index >= 15 is 0 Å². The number of phosphoric acid groups is 1. The highest BCUT2D eigenvalue weighted by Gasteiger charge is 2.24. The third-order valence-corrected chi connectivity index (χ3v) is 12.6. The molecule has 57 heavy (non-hydrogen) atoms. The zero-order valence-corrected chi connectivity index (χ0v) is 39.7. The fraction of sp³-hybridized carbons (Fsp3) is 0.979. The van der Waals surface area contributed by atoms with E-state index in [1.807, 2.05) is 21.1 Å². The molecular weight excluding hydrogens is 732 g/mol. The lowest BCUT2D eigenvalue weighted by atomic mass is 10.0. The van der Waals surface area contributed by atoms with Crippen molar-refractivity contribution in [2.24, 2.45) is 0 Å². The first-order valence-electron chi connectivity index (χ1n) is 24.9. The van der Waals surface area contributed by atoms with Crippen LogP contribution in [0, 0.1) is 0 Å². The molecule has 0 spiro atoms. The van der Waals surface area contributed by atoms with Crippen LogP contribution >= 0.6 is 7.82 Å². The highest BCUT2D eigenvalue weighted by Crippen LogP contribution is 2.38. The second kappa shape index (κ2) is 40.9. The van der Waals surface area contributed by atoms with Crippen molar-refractivity contribution in [3.8, 4) is 0 Å². The van der Waals surface area contributed by atoms with Crippen LogP contribution in [0.3, 0.4) is 0 Å². The number of quaternary nitrogens is 1. The fourth-order valence-corrected chi connectivity index (χ4v) is 8.35. The van der Waals surface area contributed by atoms with E-state index in [1.165, 1.54) is 186 Å². The summed E-state index contributed by atoms with van der Waals surface area (Å²) in [6.45, 7) is 4.76. The lowest BCUT2D eigenvalue weighted by molar-refractivity contribution is -0.870. The molecular formula is C48H99N2O6P. The minimum Gasteiger partial charge on any atom is -0.756 e. The summed E-state index contributed by atoms with van der Waals surface area (Å²) >= 11 is 0. The summed E-state index contributed by atoms with van der Waals surface area (Å²) in [5.41, 5.74) is 0. The molecule has 0 aromatic heterocycles. The average Bonchev–Trinajstić information content (AvgIpc) is 3.16. The molecule has 8 nitrogen and oxygen atoms in total. The van der Waals surface area contributed by atoms with Crippen LogP contribution in [0.15, 0.2) is 0 Å². The van der Waals surface area contributed by atoms with Gasteiger partial charge in [0.05, 0.1) is 39.9 Å². The van der Waals surface area contributed by atoms with Gasteiger partial charge in [0.25, 0.3) is 7.82 Å². The quantitative estimate of drug-likeness (QED) is 0.0359. The van der Waals surface area contributed by atoms with E-state index in [0.29, 0.717) is 23.9 Å². The Morgan fingerprint density at radius 3 is 1.19 bits per heavy atom. The maximum atomic E-state index is 12.9. The van der Waals surface area contributed by atoms with Crippen molar-refractivity contribution in [1.29, 1.82) is 0 Å². The minimum absolute atomic E-state index is 0.0163. The Hall–Kier alpha value is -0.500. The van der Waals surface area contributed by atoms with Gasteiger partial charge in [-0.3, -0.25) is 9.36 Å². The summed E-state index contributed by atoms with van der Waals surface area (Å²) in [5, 5.41) is 14.0. The molecule has 0 aromatic carbocycles. The number of aliphatic hydroxyl groups excluding tert-OH is 1. The molecule has 0 aliphatic carbocycles. The first kappa shape index (κ1) is 56.5. The number of likely N-dealkylation sites (N-methyl/N-ethyl adjacent to an activating group) is 1. The maximum absolute atomic E-state index is 12.9. The van der Waals surface area contributed by atoms with Gasteiger partial charge in [0.1, 0.15) is 13.2 Å². The third kappa shape index (κ3) is 43.4. The summed E-state index contributed by atoms with van der Waals surface area (Å²) < 4.78 is 23.3. The molecule has 0 saturated carbocycles. The minimum atomic E-state index is -4.56. The lowest BCUT2D eigenvalue weighted by Crippen LogP contribution is -2.46. The number of carbonyl (C=O) groups excluding carboxylic acids is 1. The molecule has 0 aliphatic heterocycles. The van der Waals surface area contributed by atoms with Crippen LogP contribution in [0.25, 0.3) is 0 Å². The SMILES string of the molecule is CCCCCCCCCCCCCCCCCCCCCC(O)C(COP(=O)([O-])OCC[N+](C)(C)C)NC(=O)CCCCCCCCCCCCCCCCCC. The number of aliphatic hydroxyl groups is 1. The predicted molar refractivity (Wildman–Crippen MR) is 243 cm³/mol. The second-order valence-corrected chi connectivity index (χ2v) is 19.9. The Kier molecular flexibility index (Phi) is 40.5. The highest BCUT2D eigenvalue weighted by molar-refractivity contribution is 7.45. The van der Waals surface area contributed by atoms with E-state index in [-0.39, 0.29) is 19.1 Å². The number of nitrogens with zero attached hydrogens (tertiary/aromatic N) is 1. The monoisotopic (exact) mass is 831 g/mol. The number of unbranched alkanes of at least 4 members (excludes halogenated alkanes) is 33. The van der Waals surface area contributed by atoms with Crippen LogP contribution in [-0.4, -0.2) is 68.5 Å². The molecule has 3 atom stereocenters. The molecule has 342 valence electrons. The zero-order valence-electron chi connectivity index (χ0n) is 38.8. The van der Waals surface area contributed by atoms with Gasteiger partial charge in [-0.2, -0.15) is 0 Å². The Balaban J connectivity index is 4.25. The fourth-order valence-electron chi connectivity index (χ4n) is 7.63. The van der Waals surface area contributed by atoms with Crippen molar-refractivity contribution in [2.45, 2.75) is 264 Å². The van der Waals surface area contributed by atoms with Crippen LogP contribution in [-0.2, 0) is 18.4 Å². The standard InChI is InChI=1S/C48H99N2O6P/c1-6-8-10-12-14-16-18-20-22-24-25-26-27-29-31-33-35-37-39-41-47(51)46(45-56-57(53,54)55-44-43-50(3,4)5)49-48(52)42-40-38-36-34-32-30-28-23-21-19-17-15-13-11-9-7-2/h46-47,51H,6-45H2,1-5H3,(H-,49,52,53,54). The first-order chi connectivity index (χ1) is 27.5. The number of hydrogen-bond acceptors (Lipinski definition) is 6. The molecule has 0 bridgehead atoms. The normalized spacial score (nSPS) is 14.2. The Bertz CT molecular complexity index is 901. The van der Waals surface area contributed by atoms with Crippen LogP contribution in [0.4, 0.5) is 0 Å². The number of rotatable bonds is 46. The number of carbonyl (C=O) groups is 1. The molecule has 2 N–H and O–H groups in total. The van der Waals surface area contributed by atoms with Gasteiger partial charge in [0, 0.05) is 6.42 Å². The van der Waals surface area contributed by atoms with Crippen molar-refractivity contribution in [1.82, 2.24) is 5.32 Å². The molecule has 0 rings (SSSR count). The van der Waals surface area contributed by atoms with Gasteiger partial charge < -0.3 is 28.8 Å². The van der Waals surface area contributed by atoms with Gasteiger partial charge in [-0.1, -0.05) is 232 Å². The molecule has 3 unspecified atom stereocenters. The Labute approximate surface area is 355 Å². The number of phosphoric ester groups is 1. The molecule has 0 aromatic rings. The van der Waals surface area contributed by atoms with Gasteiger partial charge >= 0.3 is 0 Å². The highest BCUT2D eigenvalue weighted by atomic mass is 31.2. The van der Waals surface area contributed by atoms with Crippen molar-refractivity contribution >= 4 is 13.7 Å². The third-order valence-electron chi connectivity index (χ3n) is 11.6. The van der Waals surface area contributed by atoms with Gasteiger partial charge in [0.2, 0.25) is 5.91 Å². The van der Waals surface area contributed by atoms with E-state index in [1.54, 1.807) is 0 Å². The maximum Gasteiger partial charge on any atom is 0.268 e. The molecule has 9 heteroatoms. The molecule has 0 aliphatic rings. The molecule has 0 heterocycles. The van der Waals surface area contributed by atoms with E-state index in [0.717, 1.165) is 38.5 Å². The molecule has 0 fully saturated rings. The topological polar surface area (TPSA) is 108 Å². The van der Waals surface area contributed by atoms with Crippen LogP contribution in [0.2, 0.25) is 0 Å². The largest absolute Gasteiger partial charge is 0.756 e. The Morgan fingerprint density at radius 1 is 0.544 bits per heavy atom. The van der Waals surface area contributed by atoms with Gasteiger partial charge in [-0.25, -0.2) is 0 Å². The van der Waals surface area contributed by atoms with Gasteiger partial charge in [0.15, 0.2) is 0 Å². The van der Waals surface area contributed by atoms with E-state index in [4.69, 9.17) is 9.05 Å². The van der Waals surface area contributed by atoms with Crippen LogP contribution in [0.5, 0.6) is 0 Å². The van der Waals surface area contributed by atoms with Gasteiger partial charge in [-0.15, -0.1) is 0 Å². The van der Waals surface area contributed by atoms with E-state index in [9.17, 15) is 19.4 Å². The Morgan fingerprint density at radius 2 is 0.860 bits per heavy atom. The van der Waals surface area contributed by atoms with Crippen LogP contribution in [0.1, 0.15) is 251 Å². The summed E-state index contributed by atoms with van der Waals surface area (Å²) in [5.74, 6) is -0.159. The second-order valence-electron chi connectivity index (χ2n) is 18.5. The molecule has 0 radical (unpaired) electrons. The van der Waals surface area contributed by atoms with Crippen molar-refractivity contribution in [2.75, 3.05) is 40.9 Å². The van der Waals surface area contributed by atoms with Crippen molar-refractivity contribution < 1.29 is 32.9 Å². The molecule has 0 saturated heterocycles. The summed E-state index contributed by atoms with van der Waals surface area (Å²) in [6, 6.07) is -0.793. The van der Waals surface area contributed by atoms with E-state index in [2.05, 4.69) is 19.2 Å². The first-order valence-corrected chi connectivity index (χ1v) is 26.3. The van der Waals surface area contributed by atoms with Crippen molar-refractivity contribution in [3.63, 3.8) is 0 Å². The summed E-state index contributed by atoms with van der Waals surface area (Å²) in [7, 11) is 1.32. The molecule has 1 amide bonds.